The van der Waals surface area contributed by atoms with E-state index in [4.69, 9.17) is 16.4 Å². The Labute approximate surface area is 408 Å². The minimum absolute atomic E-state index is 0.581. The molecule has 0 bridgehead atoms. The zero-order valence-electron chi connectivity index (χ0n) is 36.0. The molecule has 3 nitrogen and oxygen atoms in total. The van der Waals surface area contributed by atoms with Gasteiger partial charge in [0.05, 0.1) is 61.9 Å². The summed E-state index contributed by atoms with van der Waals surface area (Å²) in [7, 11) is 0. The van der Waals surface area contributed by atoms with Crippen molar-refractivity contribution in [3.05, 3.63) is 184 Å². The number of nitrogens with zero attached hydrogens (tertiary/aromatic N) is 2. The van der Waals surface area contributed by atoms with Crippen LogP contribution < -0.4 is 31.4 Å². The molecule has 6 aromatic carbocycles. The number of fused-ring (bicyclic) bond motifs is 1. The largest absolute Gasteiger partial charge is 0.416 e. The zero-order chi connectivity index (χ0) is 56.3. The molecule has 0 N–H and O–H groups in total. The van der Waals surface area contributed by atoms with Crippen LogP contribution in [-0.4, -0.2) is 11.1 Å². The van der Waals surface area contributed by atoms with Gasteiger partial charge in [-0.25, -0.2) is 4.84 Å². The van der Waals surface area contributed by atoms with Crippen LogP contribution in [0.2, 0.25) is 5.02 Å². The van der Waals surface area contributed by atoms with Crippen LogP contribution >= 0.6 is 11.6 Å². The van der Waals surface area contributed by atoms with Crippen LogP contribution in [0.1, 0.15) is 44.5 Å². The standard InChI is InChI=1S/C32H12BF24.C14H10ClN2O/c34-25(35,36)13-1-14(26(37,38)39)6-21(5-13)33(22-7-15(27(40,41)42)2-16(8-22)28(43,44)45,23-9-17(29(46,47)48)3-18(10-23)30(49,50)51)24-11-19(31(52,53)54)4-20(12-24)32(55,56)57;15-13-6-5-11-3-1-2-4-12(11)14(13)18-17-9-7-16-8-10-17/h1-12H;1-10H/q-1;+1. The molecule has 1 aromatic heterocycles. The predicted octanol–water partition coefficient (Wildman–Crippen LogP) is 14.2. The molecule has 7 rings (SSSR count). The number of rotatable bonds is 6. The van der Waals surface area contributed by atoms with E-state index in [1.807, 2.05) is 36.4 Å². The zero-order valence-corrected chi connectivity index (χ0v) is 36.8. The third-order valence-corrected chi connectivity index (χ3v) is 11.4. The third-order valence-electron chi connectivity index (χ3n) is 11.1. The van der Waals surface area contributed by atoms with Crippen LogP contribution in [0, 0.1) is 0 Å². The number of alkyl halides is 24. The normalized spacial score (nSPS) is 13.4. The molecule has 0 fully saturated rings. The fourth-order valence-electron chi connectivity index (χ4n) is 7.85. The van der Waals surface area contributed by atoms with Crippen LogP contribution in [0.4, 0.5) is 105 Å². The lowest BCUT2D eigenvalue weighted by atomic mass is 9.12. The maximum absolute atomic E-state index is 14.2. The van der Waals surface area contributed by atoms with E-state index in [1.165, 1.54) is 0 Å². The van der Waals surface area contributed by atoms with E-state index in [-0.39, 0.29) is 0 Å². The highest BCUT2D eigenvalue weighted by atomic mass is 35.5. The van der Waals surface area contributed by atoms with Crippen molar-refractivity contribution in [3.63, 3.8) is 0 Å². The first-order valence-electron chi connectivity index (χ1n) is 20.1. The van der Waals surface area contributed by atoms with E-state index in [1.54, 1.807) is 29.5 Å². The van der Waals surface area contributed by atoms with E-state index >= 15 is 0 Å². The van der Waals surface area contributed by atoms with Gasteiger partial charge in [-0.1, -0.05) is 90.5 Å². The van der Waals surface area contributed by atoms with Gasteiger partial charge in [0.15, 0.2) is 0 Å². The topological polar surface area (TPSA) is 26.0 Å². The summed E-state index contributed by atoms with van der Waals surface area (Å²) in [6.45, 7) is 0. The molecule has 0 aliphatic carbocycles. The molecule has 400 valence electrons. The molecule has 0 spiro atoms. The Hall–Kier alpha value is -6.87. The molecule has 0 aliphatic heterocycles. The fraction of sp³-hybridized carbons (Fsp3) is 0.174. The third kappa shape index (κ3) is 12.8. The molecule has 1 heterocycles. The van der Waals surface area contributed by atoms with E-state index in [0.717, 1.165) is 10.8 Å². The average Bonchev–Trinajstić information content (AvgIpc) is 3.28. The van der Waals surface area contributed by atoms with Gasteiger partial charge in [0, 0.05) is 10.1 Å². The lowest BCUT2D eigenvalue weighted by molar-refractivity contribution is -0.875. The molecule has 0 aliphatic rings. The lowest BCUT2D eigenvalue weighted by Gasteiger charge is -2.46. The molecular weight excluding hydrogens is 1100 g/mol. The minimum atomic E-state index is -6.13. The van der Waals surface area contributed by atoms with Gasteiger partial charge in [-0.05, 0) is 35.7 Å². The second-order valence-corrected chi connectivity index (χ2v) is 16.4. The highest BCUT2D eigenvalue weighted by Crippen LogP contribution is 2.42. The molecule has 0 saturated heterocycles. The van der Waals surface area contributed by atoms with Crippen molar-refractivity contribution in [2.24, 2.45) is 0 Å². The first-order valence-corrected chi connectivity index (χ1v) is 20.5. The molecule has 0 amide bonds. The summed E-state index contributed by atoms with van der Waals surface area (Å²) in [5.41, 5.74) is -30.2. The molecule has 0 atom stereocenters. The van der Waals surface area contributed by atoms with E-state index in [2.05, 4.69) is 4.98 Å². The second kappa shape index (κ2) is 19.7. The van der Waals surface area contributed by atoms with Crippen LogP contribution in [-0.2, 0) is 49.4 Å². The maximum atomic E-state index is 14.2. The summed E-state index contributed by atoms with van der Waals surface area (Å²) in [5.74, 6) is 0.644. The molecular formula is C46H22BClF24N2O. The summed E-state index contributed by atoms with van der Waals surface area (Å²) in [6.07, 6.45) is -48.1. The summed E-state index contributed by atoms with van der Waals surface area (Å²) < 4.78 is 342. The van der Waals surface area contributed by atoms with Gasteiger partial charge in [-0.15, -0.1) is 0 Å². The lowest BCUT2D eigenvalue weighted by Crippen LogP contribution is -2.75. The highest BCUT2D eigenvalue weighted by molar-refractivity contribution is 7.20. The Kier molecular flexibility index (Phi) is 15.1. The average molecular weight is 1120 g/mol. The first-order chi connectivity index (χ1) is 34.1. The van der Waals surface area contributed by atoms with Gasteiger partial charge in [-0.3, -0.25) is 4.98 Å². The predicted molar refractivity (Wildman–Crippen MR) is 219 cm³/mol. The van der Waals surface area contributed by atoms with Crippen LogP contribution in [0.5, 0.6) is 5.75 Å². The van der Waals surface area contributed by atoms with Crippen molar-refractivity contribution in [1.82, 2.24) is 4.98 Å². The van der Waals surface area contributed by atoms with Crippen molar-refractivity contribution in [2.75, 3.05) is 0 Å². The number of benzene rings is 6. The van der Waals surface area contributed by atoms with Crippen molar-refractivity contribution in [3.8, 4) is 5.75 Å². The molecule has 29 heteroatoms. The van der Waals surface area contributed by atoms with Gasteiger partial charge in [0.2, 0.25) is 18.1 Å². The Balaban J connectivity index is 0.000000421. The Morgan fingerprint density at radius 1 is 0.360 bits per heavy atom. The van der Waals surface area contributed by atoms with Gasteiger partial charge in [0.25, 0.3) is 0 Å². The van der Waals surface area contributed by atoms with Crippen molar-refractivity contribution >= 4 is 50.4 Å². The highest BCUT2D eigenvalue weighted by Gasteiger charge is 2.47. The summed E-state index contributed by atoms with van der Waals surface area (Å²) in [6, 6.07) is 2.95. The van der Waals surface area contributed by atoms with Gasteiger partial charge < -0.3 is 0 Å². The maximum Gasteiger partial charge on any atom is 0.416 e. The molecule has 75 heavy (non-hydrogen) atoms. The monoisotopic (exact) mass is 1120 g/mol. The smallest absolute Gasteiger partial charge is 0.252 e. The number of hydrogen-bond acceptors (Lipinski definition) is 2. The summed E-state index contributed by atoms with van der Waals surface area (Å²) in [5, 5.41) is 2.65. The van der Waals surface area contributed by atoms with Gasteiger partial charge >= 0.3 is 49.4 Å². The van der Waals surface area contributed by atoms with E-state index in [0.29, 0.717) is 10.8 Å². The van der Waals surface area contributed by atoms with Gasteiger partial charge in [-0.2, -0.15) is 127 Å². The molecule has 7 aromatic rings. The number of halogens is 25. The quantitative estimate of drug-likeness (QED) is 0.0942. The van der Waals surface area contributed by atoms with E-state index < -0.39 is 195 Å². The van der Waals surface area contributed by atoms with Crippen molar-refractivity contribution in [1.29, 1.82) is 0 Å². The Bertz CT molecular complexity index is 2770. The van der Waals surface area contributed by atoms with Crippen LogP contribution in [0.25, 0.3) is 10.8 Å². The van der Waals surface area contributed by atoms with Crippen LogP contribution in [0.3, 0.4) is 0 Å². The van der Waals surface area contributed by atoms with Crippen molar-refractivity contribution in [2.45, 2.75) is 49.4 Å². The SMILES string of the molecule is Clc1ccc2ccccc2c1O[n+]1ccncc1.FC(F)(F)c1cc([B-](c2cc(C(F)(F)F)cc(C(F)(F)F)c2)(c2cc(C(F)(F)F)cc(C(F)(F)F)c2)c2cc(C(F)(F)F)cc(C(F)(F)F)c2)cc(C(F)(F)F)c1. The Morgan fingerprint density at radius 2 is 0.627 bits per heavy atom. The molecule has 0 unspecified atom stereocenters. The van der Waals surface area contributed by atoms with E-state index in [9.17, 15) is 105 Å². The first kappa shape index (κ1) is 57.4. The second-order valence-electron chi connectivity index (χ2n) is 16.0. The minimum Gasteiger partial charge on any atom is -0.252 e. The Morgan fingerprint density at radius 3 is 0.893 bits per heavy atom. The molecule has 0 saturated carbocycles. The van der Waals surface area contributed by atoms with Crippen molar-refractivity contribution < 1.29 is 115 Å². The van der Waals surface area contributed by atoms with Gasteiger partial charge in [0.1, 0.15) is 6.15 Å². The summed E-state index contributed by atoms with van der Waals surface area (Å²) >= 11 is 6.20. The summed E-state index contributed by atoms with van der Waals surface area (Å²) in [4.78, 5) is 9.71. The fourth-order valence-corrected chi connectivity index (χ4v) is 8.05. The number of hydrogen-bond donors (Lipinski definition) is 0. The molecule has 0 radical (unpaired) electrons. The number of aromatic nitrogens is 2. The van der Waals surface area contributed by atoms with Crippen LogP contribution in [0.15, 0.2) is 134 Å².